The summed E-state index contributed by atoms with van der Waals surface area (Å²) in [5, 5.41) is 0. The molecule has 0 spiro atoms. The van der Waals surface area contributed by atoms with Crippen molar-refractivity contribution in [3.05, 3.63) is 23.8 Å². The van der Waals surface area contributed by atoms with Crippen molar-refractivity contribution in [3.63, 3.8) is 0 Å². The monoisotopic (exact) mass is 263 g/mol. The lowest BCUT2D eigenvalue weighted by Crippen LogP contribution is -2.20. The highest BCUT2D eigenvalue weighted by molar-refractivity contribution is 5.43. The van der Waals surface area contributed by atoms with E-state index in [1.165, 1.54) is 24.8 Å². The second-order valence-corrected chi connectivity index (χ2v) is 5.50. The molecule has 3 nitrogen and oxygen atoms in total. The van der Waals surface area contributed by atoms with Gasteiger partial charge < -0.3 is 15.2 Å². The highest BCUT2D eigenvalue weighted by atomic mass is 16.5. The van der Waals surface area contributed by atoms with Crippen LogP contribution in [0.5, 0.6) is 11.5 Å². The van der Waals surface area contributed by atoms with Gasteiger partial charge in [-0.05, 0) is 56.7 Å². The van der Waals surface area contributed by atoms with Gasteiger partial charge in [-0.2, -0.15) is 0 Å². The predicted octanol–water partition coefficient (Wildman–Crippen LogP) is 3.15. The number of hydrogen-bond donors (Lipinski definition) is 1. The van der Waals surface area contributed by atoms with Crippen molar-refractivity contribution in [1.82, 2.24) is 0 Å². The fourth-order valence-electron chi connectivity index (χ4n) is 2.31. The molecule has 0 radical (unpaired) electrons. The maximum absolute atomic E-state index is 5.90. The molecule has 1 aliphatic rings. The molecule has 106 valence electrons. The van der Waals surface area contributed by atoms with Gasteiger partial charge in [-0.1, -0.05) is 12.5 Å². The summed E-state index contributed by atoms with van der Waals surface area (Å²) in [5.74, 6) is 2.44. The van der Waals surface area contributed by atoms with Crippen LogP contribution >= 0.6 is 0 Å². The number of ether oxygens (including phenoxy) is 2. The van der Waals surface area contributed by atoms with Gasteiger partial charge in [0.25, 0.3) is 0 Å². The van der Waals surface area contributed by atoms with Gasteiger partial charge >= 0.3 is 0 Å². The molecule has 2 rings (SSSR count). The average Bonchev–Trinajstić information content (AvgIpc) is 2.29. The lowest BCUT2D eigenvalue weighted by molar-refractivity contribution is 0.174. The summed E-state index contributed by atoms with van der Waals surface area (Å²) in [7, 11) is 0. The molecule has 2 N–H and O–H groups in total. The Morgan fingerprint density at radius 2 is 2.05 bits per heavy atom. The van der Waals surface area contributed by atoms with E-state index in [2.05, 4.69) is 12.1 Å². The zero-order chi connectivity index (χ0) is 13.7. The van der Waals surface area contributed by atoms with Crippen LogP contribution in [0.15, 0.2) is 18.2 Å². The number of rotatable bonds is 7. The Kier molecular flexibility index (Phi) is 5.08. The van der Waals surface area contributed by atoms with Gasteiger partial charge in [0.1, 0.15) is 0 Å². The molecule has 1 aromatic carbocycles. The highest BCUT2D eigenvalue weighted by Crippen LogP contribution is 2.32. The number of nitrogens with two attached hydrogens (primary N) is 1. The second kappa shape index (κ2) is 6.80. The third-order valence-corrected chi connectivity index (χ3v) is 3.56. The molecule has 0 saturated heterocycles. The number of hydrogen-bond acceptors (Lipinski definition) is 3. The highest BCUT2D eigenvalue weighted by Gasteiger charge is 2.18. The van der Waals surface area contributed by atoms with Gasteiger partial charge in [0.15, 0.2) is 11.5 Å². The topological polar surface area (TPSA) is 44.5 Å². The van der Waals surface area contributed by atoms with Gasteiger partial charge in [0.05, 0.1) is 13.2 Å². The first-order chi connectivity index (χ1) is 9.19. The Labute approximate surface area is 116 Å². The summed E-state index contributed by atoms with van der Waals surface area (Å²) in [5.41, 5.74) is 7.04. The molecule has 1 saturated carbocycles. The van der Waals surface area contributed by atoms with E-state index in [-0.39, 0.29) is 6.04 Å². The Hall–Kier alpha value is -1.22. The lowest BCUT2D eigenvalue weighted by atomic mass is 9.86. The molecule has 1 unspecified atom stereocenters. The first kappa shape index (κ1) is 14.2. The van der Waals surface area contributed by atoms with Crippen LogP contribution in [-0.4, -0.2) is 19.3 Å². The van der Waals surface area contributed by atoms with E-state index >= 15 is 0 Å². The van der Waals surface area contributed by atoms with Crippen molar-refractivity contribution < 1.29 is 9.47 Å². The first-order valence-electron chi connectivity index (χ1n) is 7.33. The SMILES string of the molecule is CCOc1cc(CC(C)N)ccc1OCC1CCC1. The third kappa shape index (κ3) is 4.13. The summed E-state index contributed by atoms with van der Waals surface area (Å²) in [6.45, 7) is 5.48. The molecule has 3 heteroatoms. The normalized spacial score (nSPS) is 16.8. The van der Waals surface area contributed by atoms with Crippen molar-refractivity contribution in [2.75, 3.05) is 13.2 Å². The van der Waals surface area contributed by atoms with Crippen molar-refractivity contribution in [3.8, 4) is 11.5 Å². The molecular formula is C16H25NO2. The predicted molar refractivity (Wildman–Crippen MR) is 77.8 cm³/mol. The van der Waals surface area contributed by atoms with E-state index < -0.39 is 0 Å². The van der Waals surface area contributed by atoms with E-state index in [0.717, 1.165) is 30.4 Å². The van der Waals surface area contributed by atoms with Crippen LogP contribution in [0.1, 0.15) is 38.7 Å². The van der Waals surface area contributed by atoms with Crippen LogP contribution in [0, 0.1) is 5.92 Å². The van der Waals surface area contributed by atoms with Crippen molar-refractivity contribution in [2.45, 2.75) is 45.6 Å². The van der Waals surface area contributed by atoms with E-state index in [9.17, 15) is 0 Å². The van der Waals surface area contributed by atoms with Crippen LogP contribution in [0.4, 0.5) is 0 Å². The minimum atomic E-state index is 0.163. The quantitative estimate of drug-likeness (QED) is 0.822. The Morgan fingerprint density at radius 3 is 2.63 bits per heavy atom. The Bertz CT molecular complexity index is 400. The third-order valence-electron chi connectivity index (χ3n) is 3.56. The fourth-order valence-corrected chi connectivity index (χ4v) is 2.31. The van der Waals surface area contributed by atoms with Gasteiger partial charge in [0.2, 0.25) is 0 Å². The Balaban J connectivity index is 2.02. The Morgan fingerprint density at radius 1 is 1.26 bits per heavy atom. The summed E-state index contributed by atoms with van der Waals surface area (Å²) >= 11 is 0. The van der Waals surface area contributed by atoms with Crippen molar-refractivity contribution in [2.24, 2.45) is 11.7 Å². The van der Waals surface area contributed by atoms with Crippen LogP contribution < -0.4 is 15.2 Å². The number of benzene rings is 1. The maximum atomic E-state index is 5.90. The molecule has 1 fully saturated rings. The smallest absolute Gasteiger partial charge is 0.161 e. The minimum absolute atomic E-state index is 0.163. The second-order valence-electron chi connectivity index (χ2n) is 5.50. The minimum Gasteiger partial charge on any atom is -0.490 e. The molecule has 1 atom stereocenters. The molecule has 0 amide bonds. The van der Waals surface area contributed by atoms with Crippen molar-refractivity contribution in [1.29, 1.82) is 0 Å². The standard InChI is InChI=1S/C16H25NO2/c1-3-18-16-10-14(9-12(2)17)7-8-15(16)19-11-13-5-4-6-13/h7-8,10,12-13H,3-6,9,11,17H2,1-2H3. The summed E-state index contributed by atoms with van der Waals surface area (Å²) < 4.78 is 11.6. The first-order valence-corrected chi connectivity index (χ1v) is 7.33. The van der Waals surface area contributed by atoms with Gasteiger partial charge in [-0.3, -0.25) is 0 Å². The summed E-state index contributed by atoms with van der Waals surface area (Å²) in [6.07, 6.45) is 4.81. The van der Waals surface area contributed by atoms with Gasteiger partial charge in [-0.15, -0.1) is 0 Å². The molecule has 0 aliphatic heterocycles. The van der Waals surface area contributed by atoms with E-state index in [4.69, 9.17) is 15.2 Å². The summed E-state index contributed by atoms with van der Waals surface area (Å²) in [6, 6.07) is 6.32. The van der Waals surface area contributed by atoms with Gasteiger partial charge in [0, 0.05) is 6.04 Å². The van der Waals surface area contributed by atoms with Crippen LogP contribution in [-0.2, 0) is 6.42 Å². The zero-order valence-corrected chi connectivity index (χ0v) is 12.0. The largest absolute Gasteiger partial charge is 0.490 e. The molecule has 0 bridgehead atoms. The average molecular weight is 263 g/mol. The summed E-state index contributed by atoms with van der Waals surface area (Å²) in [4.78, 5) is 0. The van der Waals surface area contributed by atoms with Gasteiger partial charge in [-0.25, -0.2) is 0 Å². The molecule has 0 aromatic heterocycles. The van der Waals surface area contributed by atoms with Crippen LogP contribution in [0.2, 0.25) is 0 Å². The molecular weight excluding hydrogens is 238 g/mol. The van der Waals surface area contributed by atoms with E-state index in [1.54, 1.807) is 0 Å². The zero-order valence-electron chi connectivity index (χ0n) is 12.0. The van der Waals surface area contributed by atoms with Crippen LogP contribution in [0.25, 0.3) is 0 Å². The van der Waals surface area contributed by atoms with Crippen molar-refractivity contribution >= 4 is 0 Å². The fraction of sp³-hybridized carbons (Fsp3) is 0.625. The lowest BCUT2D eigenvalue weighted by Gasteiger charge is -2.25. The van der Waals surface area contributed by atoms with E-state index in [1.807, 2.05) is 19.9 Å². The van der Waals surface area contributed by atoms with Crippen LogP contribution in [0.3, 0.4) is 0 Å². The van der Waals surface area contributed by atoms with E-state index in [0.29, 0.717) is 6.61 Å². The molecule has 19 heavy (non-hydrogen) atoms. The molecule has 1 aliphatic carbocycles. The molecule has 0 heterocycles. The maximum Gasteiger partial charge on any atom is 0.161 e. The molecule has 1 aromatic rings.